The molecule has 0 atom stereocenters. The zero-order valence-corrected chi connectivity index (χ0v) is 11.4. The van der Waals surface area contributed by atoms with Crippen molar-refractivity contribution in [3.63, 3.8) is 0 Å². The summed E-state index contributed by atoms with van der Waals surface area (Å²) in [6.45, 7) is 1.53. The maximum atomic E-state index is 13.1. The van der Waals surface area contributed by atoms with Crippen LogP contribution >= 0.6 is 0 Å². The van der Waals surface area contributed by atoms with Crippen molar-refractivity contribution in [3.05, 3.63) is 64.7 Å². The summed E-state index contributed by atoms with van der Waals surface area (Å²) in [7, 11) is 0. The van der Waals surface area contributed by atoms with E-state index in [9.17, 15) is 18.8 Å². The molecule has 3 rings (SSSR count). The molecule has 0 unspecified atom stereocenters. The number of fused-ring (bicyclic) bond motifs is 1. The summed E-state index contributed by atoms with van der Waals surface area (Å²) < 4.78 is 13.1. The Hall–Kier alpha value is -3.09. The van der Waals surface area contributed by atoms with Crippen molar-refractivity contribution in [2.45, 2.75) is 6.92 Å². The highest BCUT2D eigenvalue weighted by molar-refractivity contribution is 6.21. The number of nitrogens with zero attached hydrogens (tertiary/aromatic N) is 2. The minimum atomic E-state index is -1.01. The second-order valence-corrected chi connectivity index (χ2v) is 4.65. The number of benzene rings is 1. The van der Waals surface area contributed by atoms with Crippen LogP contribution in [-0.4, -0.2) is 27.8 Å². The monoisotopic (exact) mass is 300 g/mol. The topological polar surface area (TPSA) is 76.6 Å². The van der Waals surface area contributed by atoms with Crippen molar-refractivity contribution < 1.29 is 23.6 Å². The first-order chi connectivity index (χ1) is 10.5. The van der Waals surface area contributed by atoms with Crippen LogP contribution in [-0.2, 0) is 4.84 Å². The number of rotatable bonds is 2. The van der Waals surface area contributed by atoms with Crippen LogP contribution < -0.4 is 0 Å². The standard InChI is InChI=1S/C15H9FN2O4/c1-8-7-17-12(16)6-11(8)15(21)22-18-13(19)9-4-2-3-5-10(9)14(18)20/h2-7H,1H3. The van der Waals surface area contributed by atoms with Gasteiger partial charge < -0.3 is 4.84 Å². The van der Waals surface area contributed by atoms with Gasteiger partial charge in [-0.3, -0.25) is 9.59 Å². The van der Waals surface area contributed by atoms with Crippen LogP contribution in [0.25, 0.3) is 0 Å². The Bertz CT molecular complexity index is 784. The first-order valence-electron chi connectivity index (χ1n) is 6.31. The molecular formula is C15H9FN2O4. The number of halogens is 1. The number of imide groups is 1. The van der Waals surface area contributed by atoms with Gasteiger partial charge in [0.25, 0.3) is 11.8 Å². The van der Waals surface area contributed by atoms with Gasteiger partial charge in [0.1, 0.15) is 0 Å². The largest absolute Gasteiger partial charge is 0.364 e. The molecule has 0 saturated carbocycles. The molecule has 6 nitrogen and oxygen atoms in total. The lowest BCUT2D eigenvalue weighted by molar-refractivity contribution is -0.0585. The van der Waals surface area contributed by atoms with Crippen molar-refractivity contribution in [2.75, 3.05) is 0 Å². The van der Waals surface area contributed by atoms with Gasteiger partial charge in [-0.15, -0.1) is 0 Å². The Balaban J connectivity index is 1.89. The molecule has 1 aromatic heterocycles. The number of amides is 2. The normalized spacial score (nSPS) is 13.3. The van der Waals surface area contributed by atoms with E-state index in [1.54, 1.807) is 12.1 Å². The Morgan fingerprint density at radius 3 is 2.36 bits per heavy atom. The number of hydrogen-bond donors (Lipinski definition) is 0. The number of aromatic nitrogens is 1. The summed E-state index contributed by atoms with van der Waals surface area (Å²) in [6, 6.07) is 6.99. The number of carbonyl (C=O) groups is 3. The van der Waals surface area contributed by atoms with Crippen molar-refractivity contribution in [1.29, 1.82) is 0 Å². The molecule has 1 aliphatic rings. The van der Waals surface area contributed by atoms with Gasteiger partial charge in [-0.1, -0.05) is 17.2 Å². The van der Waals surface area contributed by atoms with Crippen LogP contribution in [0.1, 0.15) is 36.6 Å². The second-order valence-electron chi connectivity index (χ2n) is 4.65. The summed E-state index contributed by atoms with van der Waals surface area (Å²) in [5.41, 5.74) is 0.558. The third-order valence-corrected chi connectivity index (χ3v) is 3.22. The average Bonchev–Trinajstić information content (AvgIpc) is 2.75. The highest BCUT2D eigenvalue weighted by Crippen LogP contribution is 2.23. The number of hydroxylamine groups is 2. The van der Waals surface area contributed by atoms with Crippen molar-refractivity contribution >= 4 is 17.8 Å². The highest BCUT2D eigenvalue weighted by Gasteiger charge is 2.38. The lowest BCUT2D eigenvalue weighted by Gasteiger charge is -2.13. The molecule has 1 aliphatic heterocycles. The van der Waals surface area contributed by atoms with Crippen molar-refractivity contribution in [2.24, 2.45) is 0 Å². The van der Waals surface area contributed by atoms with E-state index in [1.165, 1.54) is 19.1 Å². The van der Waals surface area contributed by atoms with Crippen molar-refractivity contribution in [3.8, 4) is 0 Å². The van der Waals surface area contributed by atoms with Gasteiger partial charge in [-0.05, 0) is 24.6 Å². The number of hydrogen-bond acceptors (Lipinski definition) is 5. The summed E-state index contributed by atoms with van der Waals surface area (Å²) >= 11 is 0. The molecule has 0 saturated heterocycles. The van der Waals surface area contributed by atoms with Gasteiger partial charge in [0, 0.05) is 12.3 Å². The maximum absolute atomic E-state index is 13.1. The molecule has 0 fully saturated rings. The molecule has 0 N–H and O–H groups in total. The SMILES string of the molecule is Cc1cnc(F)cc1C(=O)ON1C(=O)c2ccccc2C1=O. The molecule has 1 aromatic carbocycles. The number of pyridine rings is 1. The third kappa shape index (κ3) is 2.12. The highest BCUT2D eigenvalue weighted by atomic mass is 19.1. The predicted molar refractivity (Wildman–Crippen MR) is 71.3 cm³/mol. The lowest BCUT2D eigenvalue weighted by atomic mass is 10.1. The lowest BCUT2D eigenvalue weighted by Crippen LogP contribution is -2.33. The van der Waals surface area contributed by atoms with E-state index < -0.39 is 23.7 Å². The summed E-state index contributed by atoms with van der Waals surface area (Å²) in [6.07, 6.45) is 1.16. The van der Waals surface area contributed by atoms with E-state index in [-0.39, 0.29) is 16.7 Å². The second kappa shape index (κ2) is 5.03. The fourth-order valence-corrected chi connectivity index (χ4v) is 2.10. The maximum Gasteiger partial charge on any atom is 0.364 e. The van der Waals surface area contributed by atoms with Crippen LogP contribution in [0.15, 0.2) is 36.5 Å². The fraction of sp³-hybridized carbons (Fsp3) is 0.0667. The molecule has 2 heterocycles. The quantitative estimate of drug-likeness (QED) is 0.625. The third-order valence-electron chi connectivity index (χ3n) is 3.22. The van der Waals surface area contributed by atoms with E-state index in [0.717, 1.165) is 12.3 Å². The van der Waals surface area contributed by atoms with E-state index in [4.69, 9.17) is 4.84 Å². The Morgan fingerprint density at radius 1 is 1.18 bits per heavy atom. The number of aryl methyl sites for hydroxylation is 1. The first-order valence-corrected chi connectivity index (χ1v) is 6.31. The van der Waals surface area contributed by atoms with Gasteiger partial charge in [-0.2, -0.15) is 4.39 Å². The molecule has 0 bridgehead atoms. The van der Waals surface area contributed by atoms with E-state index in [1.807, 2.05) is 0 Å². The minimum Gasteiger partial charge on any atom is -0.324 e. The van der Waals surface area contributed by atoms with Crippen LogP contribution in [0.4, 0.5) is 4.39 Å². The van der Waals surface area contributed by atoms with Crippen LogP contribution in [0.2, 0.25) is 0 Å². The Morgan fingerprint density at radius 2 is 1.77 bits per heavy atom. The molecule has 2 aromatic rings. The Kier molecular flexibility index (Phi) is 3.17. The van der Waals surface area contributed by atoms with E-state index in [0.29, 0.717) is 10.6 Å². The Labute approximate surface area is 124 Å². The van der Waals surface area contributed by atoms with Gasteiger partial charge in [0.15, 0.2) is 0 Å². The molecule has 0 spiro atoms. The molecule has 110 valence electrons. The predicted octanol–water partition coefficient (Wildman–Crippen LogP) is 1.90. The van der Waals surface area contributed by atoms with Crippen LogP contribution in [0.3, 0.4) is 0 Å². The fourth-order valence-electron chi connectivity index (χ4n) is 2.10. The molecule has 0 aliphatic carbocycles. The van der Waals surface area contributed by atoms with Gasteiger partial charge in [0.05, 0.1) is 16.7 Å². The van der Waals surface area contributed by atoms with Crippen molar-refractivity contribution in [1.82, 2.24) is 10.0 Å². The number of carbonyl (C=O) groups excluding carboxylic acids is 3. The molecule has 0 radical (unpaired) electrons. The zero-order chi connectivity index (χ0) is 15.9. The van der Waals surface area contributed by atoms with Crippen LogP contribution in [0.5, 0.6) is 0 Å². The molecule has 7 heteroatoms. The first kappa shape index (κ1) is 13.9. The van der Waals surface area contributed by atoms with E-state index >= 15 is 0 Å². The minimum absolute atomic E-state index is 0.107. The van der Waals surface area contributed by atoms with Gasteiger partial charge >= 0.3 is 5.97 Å². The van der Waals surface area contributed by atoms with Crippen LogP contribution in [0, 0.1) is 12.9 Å². The van der Waals surface area contributed by atoms with Gasteiger partial charge in [0.2, 0.25) is 5.95 Å². The zero-order valence-electron chi connectivity index (χ0n) is 11.4. The van der Waals surface area contributed by atoms with Gasteiger partial charge in [-0.25, -0.2) is 9.78 Å². The average molecular weight is 300 g/mol. The van der Waals surface area contributed by atoms with E-state index in [2.05, 4.69) is 4.98 Å². The molecular weight excluding hydrogens is 291 g/mol. The summed E-state index contributed by atoms with van der Waals surface area (Å²) in [4.78, 5) is 44.4. The summed E-state index contributed by atoms with van der Waals surface area (Å²) in [5, 5.41) is 0.380. The summed E-state index contributed by atoms with van der Waals surface area (Å²) in [5.74, 6) is -3.34. The smallest absolute Gasteiger partial charge is 0.324 e. The molecule has 2 amide bonds. The molecule has 22 heavy (non-hydrogen) atoms.